The zero-order valence-corrected chi connectivity index (χ0v) is 8.38. The van der Waals surface area contributed by atoms with Crippen molar-refractivity contribution >= 4 is 18.0 Å². The Bertz CT molecular complexity index is 451. The maximum Gasteiger partial charge on any atom is 0.339 e. The SMILES string of the molecule is NC(=O)CC=Cc1ccc(C(=O)O)c(O)c1. The second kappa shape index (κ2) is 4.97. The first-order chi connectivity index (χ1) is 7.50. The highest BCUT2D eigenvalue weighted by Crippen LogP contribution is 2.19. The van der Waals surface area contributed by atoms with Crippen molar-refractivity contribution in [1.82, 2.24) is 0 Å². The second-order valence-corrected chi connectivity index (χ2v) is 3.15. The van der Waals surface area contributed by atoms with Crippen LogP contribution in [0, 0.1) is 0 Å². The normalized spacial score (nSPS) is 10.5. The number of primary amides is 1. The van der Waals surface area contributed by atoms with E-state index in [2.05, 4.69) is 0 Å². The molecule has 0 atom stereocenters. The van der Waals surface area contributed by atoms with Gasteiger partial charge >= 0.3 is 5.97 Å². The van der Waals surface area contributed by atoms with E-state index in [1.807, 2.05) is 0 Å². The quantitative estimate of drug-likeness (QED) is 0.705. The Kier molecular flexibility index (Phi) is 3.66. The van der Waals surface area contributed by atoms with Gasteiger partial charge in [-0.25, -0.2) is 4.79 Å². The summed E-state index contributed by atoms with van der Waals surface area (Å²) in [5, 5.41) is 18.0. The van der Waals surface area contributed by atoms with Gasteiger partial charge in [0.05, 0.1) is 0 Å². The summed E-state index contributed by atoms with van der Waals surface area (Å²) in [5.41, 5.74) is 5.37. The summed E-state index contributed by atoms with van der Waals surface area (Å²) in [7, 11) is 0. The Morgan fingerprint density at radius 3 is 2.56 bits per heavy atom. The minimum atomic E-state index is -1.19. The van der Waals surface area contributed by atoms with Crippen molar-refractivity contribution in [2.45, 2.75) is 6.42 Å². The number of aromatic hydroxyl groups is 1. The maximum atomic E-state index is 10.6. The van der Waals surface area contributed by atoms with Crippen LogP contribution in [0.3, 0.4) is 0 Å². The number of benzene rings is 1. The van der Waals surface area contributed by atoms with Crippen LogP contribution >= 0.6 is 0 Å². The summed E-state index contributed by atoms with van der Waals surface area (Å²) in [6.07, 6.45) is 3.22. The molecule has 0 aliphatic heterocycles. The lowest BCUT2D eigenvalue weighted by molar-refractivity contribution is -0.117. The van der Waals surface area contributed by atoms with E-state index in [0.717, 1.165) is 0 Å². The molecule has 0 fully saturated rings. The Hall–Kier alpha value is -2.30. The zero-order chi connectivity index (χ0) is 12.1. The molecule has 1 aromatic carbocycles. The molecule has 0 radical (unpaired) electrons. The molecule has 16 heavy (non-hydrogen) atoms. The molecule has 1 aromatic rings. The van der Waals surface area contributed by atoms with E-state index < -0.39 is 11.9 Å². The lowest BCUT2D eigenvalue weighted by Crippen LogP contribution is -2.07. The summed E-state index contributed by atoms with van der Waals surface area (Å²) in [6.45, 7) is 0. The van der Waals surface area contributed by atoms with Gasteiger partial charge in [0, 0.05) is 6.42 Å². The highest BCUT2D eigenvalue weighted by atomic mass is 16.4. The van der Waals surface area contributed by atoms with Crippen molar-refractivity contribution in [3.05, 3.63) is 35.4 Å². The third kappa shape index (κ3) is 3.13. The number of carbonyl (C=O) groups is 2. The minimum Gasteiger partial charge on any atom is -0.507 e. The van der Waals surface area contributed by atoms with Gasteiger partial charge in [-0.2, -0.15) is 0 Å². The van der Waals surface area contributed by atoms with Crippen LogP contribution in [0.25, 0.3) is 6.08 Å². The van der Waals surface area contributed by atoms with E-state index in [4.69, 9.17) is 10.8 Å². The average Bonchev–Trinajstić information content (AvgIpc) is 2.16. The van der Waals surface area contributed by atoms with Gasteiger partial charge in [-0.3, -0.25) is 4.79 Å². The van der Waals surface area contributed by atoms with Gasteiger partial charge in [-0.05, 0) is 17.7 Å². The zero-order valence-electron chi connectivity index (χ0n) is 8.38. The van der Waals surface area contributed by atoms with E-state index in [0.29, 0.717) is 5.56 Å². The Balaban J connectivity index is 2.85. The fourth-order valence-electron chi connectivity index (χ4n) is 1.14. The minimum absolute atomic E-state index is 0.0987. The maximum absolute atomic E-state index is 10.6. The van der Waals surface area contributed by atoms with Crippen LogP contribution in [0.5, 0.6) is 5.75 Å². The van der Waals surface area contributed by atoms with Crippen molar-refractivity contribution in [2.24, 2.45) is 5.73 Å². The van der Waals surface area contributed by atoms with Crippen LogP contribution in [-0.2, 0) is 4.79 Å². The van der Waals surface area contributed by atoms with Gasteiger partial charge in [0.2, 0.25) is 5.91 Å². The molecule has 4 N–H and O–H groups in total. The first kappa shape index (κ1) is 11.8. The molecule has 1 rings (SSSR count). The van der Waals surface area contributed by atoms with E-state index >= 15 is 0 Å². The van der Waals surface area contributed by atoms with Crippen molar-refractivity contribution in [3.8, 4) is 5.75 Å². The smallest absolute Gasteiger partial charge is 0.339 e. The predicted octanol–water partition coefficient (Wildman–Crippen LogP) is 0.979. The Morgan fingerprint density at radius 2 is 2.06 bits per heavy atom. The van der Waals surface area contributed by atoms with Crippen LogP contribution in [-0.4, -0.2) is 22.1 Å². The third-order valence-electron chi connectivity index (χ3n) is 1.88. The molecular weight excluding hydrogens is 210 g/mol. The third-order valence-corrected chi connectivity index (χ3v) is 1.88. The number of carbonyl (C=O) groups excluding carboxylic acids is 1. The highest BCUT2D eigenvalue weighted by molar-refractivity contribution is 5.91. The van der Waals surface area contributed by atoms with Gasteiger partial charge < -0.3 is 15.9 Å². The molecule has 0 spiro atoms. The number of carboxylic acids is 1. The summed E-state index contributed by atoms with van der Waals surface area (Å²) < 4.78 is 0. The standard InChI is InChI=1S/C11H11NO4/c12-10(14)3-1-2-7-4-5-8(11(15)16)9(13)6-7/h1-2,4-6,13H,3H2,(H2,12,14)(H,15,16). The number of rotatable bonds is 4. The number of aromatic carboxylic acids is 1. The predicted molar refractivity (Wildman–Crippen MR) is 57.9 cm³/mol. The van der Waals surface area contributed by atoms with E-state index in [9.17, 15) is 14.7 Å². The van der Waals surface area contributed by atoms with Gasteiger partial charge in [-0.15, -0.1) is 0 Å². The molecule has 0 aliphatic carbocycles. The van der Waals surface area contributed by atoms with Crippen molar-refractivity contribution in [3.63, 3.8) is 0 Å². The van der Waals surface area contributed by atoms with Crippen molar-refractivity contribution in [1.29, 1.82) is 0 Å². The van der Waals surface area contributed by atoms with Gasteiger partial charge in [-0.1, -0.05) is 18.2 Å². The first-order valence-electron chi connectivity index (χ1n) is 4.52. The number of hydrogen-bond acceptors (Lipinski definition) is 3. The number of phenols is 1. The number of nitrogens with two attached hydrogens (primary N) is 1. The van der Waals surface area contributed by atoms with Crippen LogP contribution < -0.4 is 5.73 Å². The number of amides is 1. The molecule has 0 aliphatic rings. The van der Waals surface area contributed by atoms with Gasteiger partial charge in [0.25, 0.3) is 0 Å². The summed E-state index contributed by atoms with van der Waals surface area (Å²) in [6, 6.07) is 4.13. The lowest BCUT2D eigenvalue weighted by Gasteiger charge is -2.00. The highest BCUT2D eigenvalue weighted by Gasteiger charge is 2.08. The summed E-state index contributed by atoms with van der Waals surface area (Å²) >= 11 is 0. The average molecular weight is 221 g/mol. The summed E-state index contributed by atoms with van der Waals surface area (Å²) in [4.78, 5) is 21.0. The van der Waals surface area contributed by atoms with Gasteiger partial charge in [0.1, 0.15) is 11.3 Å². The van der Waals surface area contributed by atoms with Crippen molar-refractivity contribution < 1.29 is 19.8 Å². The largest absolute Gasteiger partial charge is 0.507 e. The lowest BCUT2D eigenvalue weighted by atomic mass is 10.1. The van der Waals surface area contributed by atoms with Crippen LogP contribution in [0.4, 0.5) is 0 Å². The molecule has 5 heteroatoms. The van der Waals surface area contributed by atoms with Crippen LogP contribution in [0.1, 0.15) is 22.3 Å². The fourth-order valence-corrected chi connectivity index (χ4v) is 1.14. The fraction of sp³-hybridized carbons (Fsp3) is 0.0909. The van der Waals surface area contributed by atoms with Gasteiger partial charge in [0.15, 0.2) is 0 Å². The van der Waals surface area contributed by atoms with E-state index in [1.165, 1.54) is 24.3 Å². The summed E-state index contributed by atoms with van der Waals surface area (Å²) in [5.74, 6) is -1.96. The molecule has 0 unspecified atom stereocenters. The molecule has 1 amide bonds. The molecule has 0 bridgehead atoms. The van der Waals surface area contributed by atoms with Crippen LogP contribution in [0.15, 0.2) is 24.3 Å². The van der Waals surface area contributed by atoms with E-state index in [-0.39, 0.29) is 17.7 Å². The molecule has 0 saturated heterocycles. The molecule has 0 aromatic heterocycles. The molecule has 84 valence electrons. The molecule has 0 heterocycles. The number of hydrogen-bond donors (Lipinski definition) is 3. The second-order valence-electron chi connectivity index (χ2n) is 3.15. The first-order valence-corrected chi connectivity index (χ1v) is 4.52. The van der Waals surface area contributed by atoms with Crippen molar-refractivity contribution in [2.75, 3.05) is 0 Å². The Morgan fingerprint density at radius 1 is 1.38 bits per heavy atom. The molecular formula is C11H11NO4. The molecule has 5 nitrogen and oxygen atoms in total. The van der Waals surface area contributed by atoms with Crippen LogP contribution in [0.2, 0.25) is 0 Å². The topological polar surface area (TPSA) is 101 Å². The Labute approximate surface area is 91.8 Å². The van der Waals surface area contributed by atoms with E-state index in [1.54, 1.807) is 6.08 Å². The molecule has 0 saturated carbocycles. The number of carboxylic acid groups (broad SMARTS) is 1. The monoisotopic (exact) mass is 221 g/mol.